The number of halogens is 2. The summed E-state index contributed by atoms with van der Waals surface area (Å²) in [6, 6.07) is 3.75. The van der Waals surface area contributed by atoms with Crippen LogP contribution in [0.1, 0.15) is 31.1 Å². The maximum atomic E-state index is 13.1. The van der Waals surface area contributed by atoms with Gasteiger partial charge in [0, 0.05) is 31.6 Å². The summed E-state index contributed by atoms with van der Waals surface area (Å²) in [4.78, 5) is 28.1. The van der Waals surface area contributed by atoms with Crippen molar-refractivity contribution in [3.05, 3.63) is 34.6 Å². The first-order valence-electron chi connectivity index (χ1n) is 7.24. The molecule has 4 nitrogen and oxygen atoms in total. The van der Waals surface area contributed by atoms with Crippen molar-refractivity contribution in [1.29, 1.82) is 0 Å². The Morgan fingerprint density at radius 1 is 1.09 bits per heavy atom. The molecule has 1 aromatic carbocycles. The predicted octanol–water partition coefficient (Wildman–Crippen LogP) is 2.81. The van der Waals surface area contributed by atoms with Gasteiger partial charge in [0.25, 0.3) is 5.91 Å². The van der Waals surface area contributed by atoms with Gasteiger partial charge >= 0.3 is 0 Å². The zero-order valence-electron chi connectivity index (χ0n) is 13.0. The fraction of sp³-hybridized carbons (Fsp3) is 0.500. The van der Waals surface area contributed by atoms with Gasteiger partial charge in [-0.3, -0.25) is 9.59 Å². The van der Waals surface area contributed by atoms with Crippen LogP contribution in [0.25, 0.3) is 0 Å². The molecule has 0 bridgehead atoms. The number of carbonyl (C=O) groups excluding carboxylic acids is 2. The Hall–Kier alpha value is -1.62. The monoisotopic (exact) mass is 326 g/mol. The van der Waals surface area contributed by atoms with Crippen LogP contribution in [-0.4, -0.2) is 47.8 Å². The molecule has 6 heteroatoms. The van der Waals surface area contributed by atoms with E-state index in [9.17, 15) is 14.0 Å². The minimum absolute atomic E-state index is 0.0828. The highest BCUT2D eigenvalue weighted by Gasteiger charge is 2.31. The molecule has 22 heavy (non-hydrogen) atoms. The van der Waals surface area contributed by atoms with Gasteiger partial charge < -0.3 is 9.80 Å². The molecule has 2 amide bonds. The van der Waals surface area contributed by atoms with E-state index in [1.54, 1.807) is 9.80 Å². The summed E-state index contributed by atoms with van der Waals surface area (Å²) in [5.41, 5.74) is -0.134. The van der Waals surface area contributed by atoms with E-state index in [2.05, 4.69) is 0 Å². The van der Waals surface area contributed by atoms with Crippen molar-refractivity contribution in [2.75, 3.05) is 26.2 Å². The Labute approximate surface area is 134 Å². The lowest BCUT2D eigenvalue weighted by atomic mass is 9.94. The van der Waals surface area contributed by atoms with Gasteiger partial charge in [-0.15, -0.1) is 0 Å². The third kappa shape index (κ3) is 3.58. The van der Waals surface area contributed by atoms with Gasteiger partial charge in [0.15, 0.2) is 0 Å². The molecule has 0 radical (unpaired) electrons. The van der Waals surface area contributed by atoms with Gasteiger partial charge in [-0.05, 0) is 18.2 Å². The van der Waals surface area contributed by atoms with Crippen molar-refractivity contribution in [2.45, 2.75) is 20.8 Å². The van der Waals surface area contributed by atoms with Crippen LogP contribution in [0.15, 0.2) is 18.2 Å². The van der Waals surface area contributed by atoms with Gasteiger partial charge in [-0.25, -0.2) is 4.39 Å². The zero-order valence-corrected chi connectivity index (χ0v) is 13.8. The lowest BCUT2D eigenvalue weighted by Crippen LogP contribution is -2.53. The second-order valence-electron chi connectivity index (χ2n) is 6.46. The minimum atomic E-state index is -0.470. The summed E-state index contributed by atoms with van der Waals surface area (Å²) >= 11 is 5.93. The number of piperazine rings is 1. The van der Waals surface area contributed by atoms with Crippen LogP contribution in [0.4, 0.5) is 4.39 Å². The van der Waals surface area contributed by atoms with Crippen LogP contribution in [0.5, 0.6) is 0 Å². The van der Waals surface area contributed by atoms with E-state index in [-0.39, 0.29) is 16.8 Å². The average molecular weight is 327 g/mol. The minimum Gasteiger partial charge on any atom is -0.339 e. The molecular formula is C16H20ClFN2O2. The second-order valence-corrected chi connectivity index (χ2v) is 6.87. The maximum Gasteiger partial charge on any atom is 0.255 e. The quantitative estimate of drug-likeness (QED) is 0.796. The number of nitrogens with zero attached hydrogens (tertiary/aromatic N) is 2. The Morgan fingerprint density at radius 3 is 2.14 bits per heavy atom. The molecule has 0 unspecified atom stereocenters. The predicted molar refractivity (Wildman–Crippen MR) is 83.3 cm³/mol. The summed E-state index contributed by atoms with van der Waals surface area (Å²) in [6.07, 6.45) is 0. The van der Waals surface area contributed by atoms with E-state index in [0.717, 1.165) is 6.07 Å². The molecule has 0 atom stereocenters. The highest BCUT2D eigenvalue weighted by molar-refractivity contribution is 6.33. The molecule has 0 spiro atoms. The SMILES string of the molecule is CC(C)(C)C(=O)N1CCN(C(=O)c2ccc(F)cc2Cl)CC1. The average Bonchev–Trinajstić information content (AvgIpc) is 2.45. The van der Waals surface area contributed by atoms with Crippen LogP contribution in [0, 0.1) is 11.2 Å². The zero-order chi connectivity index (χ0) is 16.5. The number of amides is 2. The molecule has 1 aliphatic rings. The molecule has 1 saturated heterocycles. The van der Waals surface area contributed by atoms with Crippen molar-refractivity contribution in [1.82, 2.24) is 9.80 Å². The largest absolute Gasteiger partial charge is 0.339 e. The Balaban J connectivity index is 2.02. The Morgan fingerprint density at radius 2 is 1.64 bits per heavy atom. The molecule has 2 rings (SSSR count). The van der Waals surface area contributed by atoms with E-state index < -0.39 is 11.2 Å². The molecule has 1 heterocycles. The first-order valence-corrected chi connectivity index (χ1v) is 7.61. The van der Waals surface area contributed by atoms with Crippen LogP contribution < -0.4 is 0 Å². The van der Waals surface area contributed by atoms with Gasteiger partial charge in [0.1, 0.15) is 5.82 Å². The van der Waals surface area contributed by atoms with E-state index >= 15 is 0 Å². The van der Waals surface area contributed by atoms with Crippen LogP contribution in [0.2, 0.25) is 5.02 Å². The summed E-state index contributed by atoms with van der Waals surface area (Å²) < 4.78 is 13.1. The molecule has 0 aromatic heterocycles. The molecule has 0 aliphatic carbocycles. The first-order chi connectivity index (χ1) is 10.2. The van der Waals surface area contributed by atoms with E-state index in [1.807, 2.05) is 20.8 Å². The number of benzene rings is 1. The van der Waals surface area contributed by atoms with E-state index in [4.69, 9.17) is 11.6 Å². The fourth-order valence-electron chi connectivity index (χ4n) is 2.42. The molecule has 120 valence electrons. The molecule has 1 aliphatic heterocycles. The lowest BCUT2D eigenvalue weighted by Gasteiger charge is -2.37. The van der Waals surface area contributed by atoms with Gasteiger partial charge in [-0.1, -0.05) is 32.4 Å². The third-order valence-corrected chi connectivity index (χ3v) is 3.97. The lowest BCUT2D eigenvalue weighted by molar-refractivity contribution is -0.140. The van der Waals surface area contributed by atoms with Crippen molar-refractivity contribution >= 4 is 23.4 Å². The molecule has 1 aromatic rings. The summed E-state index contributed by atoms with van der Waals surface area (Å²) in [5, 5.41) is 0.109. The van der Waals surface area contributed by atoms with Crippen molar-refractivity contribution < 1.29 is 14.0 Å². The van der Waals surface area contributed by atoms with Crippen LogP contribution in [-0.2, 0) is 4.79 Å². The molecule has 1 fully saturated rings. The standard InChI is InChI=1S/C16H20ClFN2O2/c1-16(2,3)15(22)20-8-6-19(7-9-20)14(21)12-5-4-11(18)10-13(12)17/h4-5,10H,6-9H2,1-3H3. The van der Waals surface area contributed by atoms with E-state index in [0.29, 0.717) is 31.7 Å². The van der Waals surface area contributed by atoms with Crippen molar-refractivity contribution in [3.63, 3.8) is 0 Å². The van der Waals surface area contributed by atoms with E-state index in [1.165, 1.54) is 12.1 Å². The number of rotatable bonds is 1. The van der Waals surface area contributed by atoms with Crippen molar-refractivity contribution in [2.24, 2.45) is 5.41 Å². The highest BCUT2D eigenvalue weighted by atomic mass is 35.5. The fourth-order valence-corrected chi connectivity index (χ4v) is 2.67. The normalized spacial score (nSPS) is 15.9. The van der Waals surface area contributed by atoms with Gasteiger partial charge in [0.05, 0.1) is 10.6 Å². The number of hydrogen-bond donors (Lipinski definition) is 0. The van der Waals surface area contributed by atoms with Gasteiger partial charge in [-0.2, -0.15) is 0 Å². The second kappa shape index (κ2) is 6.24. The topological polar surface area (TPSA) is 40.6 Å². The summed E-state index contributed by atoms with van der Waals surface area (Å²) in [6.45, 7) is 7.55. The molecule has 0 saturated carbocycles. The molecule has 0 N–H and O–H groups in total. The van der Waals surface area contributed by atoms with Crippen LogP contribution in [0.3, 0.4) is 0 Å². The number of hydrogen-bond acceptors (Lipinski definition) is 2. The first kappa shape index (κ1) is 16.7. The van der Waals surface area contributed by atoms with Crippen molar-refractivity contribution in [3.8, 4) is 0 Å². The van der Waals surface area contributed by atoms with Crippen LogP contribution >= 0.6 is 11.6 Å². The van der Waals surface area contributed by atoms with Gasteiger partial charge in [0.2, 0.25) is 5.91 Å². The summed E-state index contributed by atoms with van der Waals surface area (Å²) in [7, 11) is 0. The third-order valence-electron chi connectivity index (χ3n) is 3.66. The Kier molecular flexibility index (Phi) is 4.75. The molecular weight excluding hydrogens is 307 g/mol. The summed E-state index contributed by atoms with van der Waals surface area (Å²) in [5.74, 6) is -0.616. The number of carbonyl (C=O) groups is 2. The highest BCUT2D eigenvalue weighted by Crippen LogP contribution is 2.22. The maximum absolute atomic E-state index is 13.1. The smallest absolute Gasteiger partial charge is 0.255 e. The Bertz CT molecular complexity index is 590.